The molecule has 6 heteroatoms. The lowest BCUT2D eigenvalue weighted by Crippen LogP contribution is -2.52. The molecule has 2 aliphatic heterocycles. The van der Waals surface area contributed by atoms with Crippen LogP contribution in [0, 0.1) is 0 Å². The van der Waals surface area contributed by atoms with E-state index in [-0.39, 0.29) is 17.4 Å². The van der Waals surface area contributed by atoms with Crippen molar-refractivity contribution < 1.29 is 9.53 Å². The van der Waals surface area contributed by atoms with Crippen molar-refractivity contribution in [2.75, 3.05) is 20.2 Å². The summed E-state index contributed by atoms with van der Waals surface area (Å²) in [4.78, 5) is 19.9. The third-order valence-corrected chi connectivity index (χ3v) is 7.02. The number of rotatable bonds is 4. The van der Waals surface area contributed by atoms with Gasteiger partial charge in [0.25, 0.3) is 0 Å². The summed E-state index contributed by atoms with van der Waals surface area (Å²) in [5.74, 6) is 2.32. The van der Waals surface area contributed by atoms with Gasteiger partial charge in [0.1, 0.15) is 11.6 Å². The number of likely N-dealkylation sites (tertiary alicyclic amines) is 1. The molecule has 1 N–H and O–H groups in total. The third-order valence-electron chi connectivity index (χ3n) is 7.02. The predicted molar refractivity (Wildman–Crippen MR) is 121 cm³/mol. The molecule has 0 saturated carbocycles. The minimum absolute atomic E-state index is 0.176. The minimum atomic E-state index is -0.246. The zero-order chi connectivity index (χ0) is 21.4. The van der Waals surface area contributed by atoms with Gasteiger partial charge in [-0.25, -0.2) is 4.98 Å². The number of carbonyl (C=O) groups excluding carboxylic acids is 1. The second kappa shape index (κ2) is 8.00. The first kappa shape index (κ1) is 20.1. The second-order valence-corrected chi connectivity index (χ2v) is 8.99. The van der Waals surface area contributed by atoms with Gasteiger partial charge in [0.05, 0.1) is 30.2 Å². The van der Waals surface area contributed by atoms with Crippen LogP contribution < -0.4 is 10.1 Å². The molecule has 1 spiro atoms. The molecule has 162 valence electrons. The van der Waals surface area contributed by atoms with Crippen molar-refractivity contribution >= 4 is 16.9 Å². The Balaban J connectivity index is 1.48. The van der Waals surface area contributed by atoms with E-state index in [1.165, 1.54) is 5.56 Å². The Morgan fingerprint density at radius 1 is 1.19 bits per heavy atom. The van der Waals surface area contributed by atoms with Crippen LogP contribution in [0.25, 0.3) is 11.0 Å². The molecule has 2 aromatic carbocycles. The standard InChI is InChI=1S/C25H30N4O2/c1-28-22-11-4-3-10-21(22)26-23(28)16-29-15-20(18-8-7-9-19(14-18)31-2)25(17-29)13-6-5-12-24(30)27-25/h3-4,7-11,14,20H,5-6,12-13,15-17H2,1-2H3,(H,27,30)/t20-,25+/m0/s1. The van der Waals surface area contributed by atoms with E-state index in [2.05, 4.69) is 58.2 Å². The van der Waals surface area contributed by atoms with Crippen molar-refractivity contribution in [1.29, 1.82) is 0 Å². The van der Waals surface area contributed by atoms with Crippen molar-refractivity contribution in [3.63, 3.8) is 0 Å². The van der Waals surface area contributed by atoms with Crippen LogP contribution in [0.2, 0.25) is 0 Å². The van der Waals surface area contributed by atoms with Gasteiger partial charge in [-0.05, 0) is 42.7 Å². The topological polar surface area (TPSA) is 59.4 Å². The first-order valence-corrected chi connectivity index (χ1v) is 11.2. The minimum Gasteiger partial charge on any atom is -0.497 e. The summed E-state index contributed by atoms with van der Waals surface area (Å²) in [6, 6.07) is 16.6. The van der Waals surface area contributed by atoms with Crippen LogP contribution >= 0.6 is 0 Å². The number of methoxy groups -OCH3 is 1. The quantitative estimate of drug-likeness (QED) is 0.703. The Hall–Kier alpha value is -2.86. The van der Waals surface area contributed by atoms with E-state index in [0.717, 1.165) is 61.5 Å². The number of amides is 1. The molecular weight excluding hydrogens is 388 g/mol. The monoisotopic (exact) mass is 418 g/mol. The predicted octanol–water partition coefficient (Wildman–Crippen LogP) is 3.61. The molecule has 3 aromatic rings. The average molecular weight is 419 g/mol. The summed E-state index contributed by atoms with van der Waals surface area (Å²) in [7, 11) is 3.79. The molecule has 6 nitrogen and oxygen atoms in total. The van der Waals surface area contributed by atoms with E-state index >= 15 is 0 Å². The Labute approximate surface area is 183 Å². The maximum atomic E-state index is 12.6. The van der Waals surface area contributed by atoms with E-state index in [4.69, 9.17) is 9.72 Å². The van der Waals surface area contributed by atoms with Crippen molar-refractivity contribution in [1.82, 2.24) is 19.8 Å². The summed E-state index contributed by atoms with van der Waals surface area (Å²) < 4.78 is 7.68. The maximum absolute atomic E-state index is 12.6. The lowest BCUT2D eigenvalue weighted by molar-refractivity contribution is -0.122. The highest BCUT2D eigenvalue weighted by Gasteiger charge is 2.48. The number of nitrogens with zero attached hydrogens (tertiary/aromatic N) is 3. The number of hydrogen-bond acceptors (Lipinski definition) is 4. The van der Waals surface area contributed by atoms with Gasteiger partial charge >= 0.3 is 0 Å². The number of ether oxygens (including phenoxy) is 1. The van der Waals surface area contributed by atoms with Crippen molar-refractivity contribution in [3.8, 4) is 5.75 Å². The van der Waals surface area contributed by atoms with Gasteiger partial charge < -0.3 is 14.6 Å². The van der Waals surface area contributed by atoms with Crippen LogP contribution in [-0.2, 0) is 18.4 Å². The zero-order valence-corrected chi connectivity index (χ0v) is 18.3. The fourth-order valence-electron chi connectivity index (χ4n) is 5.46. The number of benzene rings is 2. The van der Waals surface area contributed by atoms with Crippen LogP contribution in [0.15, 0.2) is 48.5 Å². The first-order chi connectivity index (χ1) is 15.1. The summed E-state index contributed by atoms with van der Waals surface area (Å²) >= 11 is 0. The highest BCUT2D eigenvalue weighted by Crippen LogP contribution is 2.42. The van der Waals surface area contributed by atoms with Gasteiger partial charge in [0.2, 0.25) is 5.91 Å². The molecule has 2 saturated heterocycles. The molecule has 1 amide bonds. The number of imidazole rings is 1. The van der Waals surface area contributed by atoms with Crippen molar-refractivity contribution in [2.24, 2.45) is 7.05 Å². The number of hydrogen-bond donors (Lipinski definition) is 1. The fourth-order valence-corrected chi connectivity index (χ4v) is 5.46. The van der Waals surface area contributed by atoms with Crippen LogP contribution in [0.4, 0.5) is 0 Å². The van der Waals surface area contributed by atoms with E-state index in [9.17, 15) is 4.79 Å². The molecular formula is C25H30N4O2. The molecule has 31 heavy (non-hydrogen) atoms. The smallest absolute Gasteiger partial charge is 0.220 e. The molecule has 0 aliphatic carbocycles. The number of fused-ring (bicyclic) bond motifs is 1. The first-order valence-electron chi connectivity index (χ1n) is 11.2. The van der Waals surface area contributed by atoms with Gasteiger partial charge in [0.15, 0.2) is 0 Å². The van der Waals surface area contributed by atoms with Crippen LogP contribution in [0.5, 0.6) is 5.75 Å². The average Bonchev–Trinajstić information content (AvgIpc) is 3.21. The largest absolute Gasteiger partial charge is 0.497 e. The fraction of sp³-hybridized carbons (Fsp3) is 0.440. The molecule has 0 unspecified atom stereocenters. The molecule has 1 aromatic heterocycles. The Bertz CT molecular complexity index is 1110. The summed E-state index contributed by atoms with van der Waals surface area (Å²) in [6.45, 7) is 2.49. The summed E-state index contributed by atoms with van der Waals surface area (Å²) in [5, 5.41) is 3.45. The number of aryl methyl sites for hydroxylation is 1. The SMILES string of the molecule is COc1cccc([C@@H]2CN(Cc3nc4ccccc4n3C)C[C@]23CCCCC(=O)N3)c1. The van der Waals surface area contributed by atoms with E-state index in [0.29, 0.717) is 6.42 Å². The molecule has 5 rings (SSSR count). The maximum Gasteiger partial charge on any atom is 0.220 e. The molecule has 2 aliphatic rings. The molecule has 2 atom stereocenters. The van der Waals surface area contributed by atoms with E-state index < -0.39 is 0 Å². The summed E-state index contributed by atoms with van der Waals surface area (Å²) in [6.07, 6.45) is 3.65. The number of aromatic nitrogens is 2. The van der Waals surface area contributed by atoms with Gasteiger partial charge in [-0.3, -0.25) is 9.69 Å². The Morgan fingerprint density at radius 2 is 2.06 bits per heavy atom. The molecule has 3 heterocycles. The third kappa shape index (κ3) is 3.69. The zero-order valence-electron chi connectivity index (χ0n) is 18.3. The number of para-hydroxylation sites is 2. The Morgan fingerprint density at radius 3 is 2.90 bits per heavy atom. The van der Waals surface area contributed by atoms with Gasteiger partial charge in [-0.15, -0.1) is 0 Å². The van der Waals surface area contributed by atoms with Gasteiger partial charge in [-0.1, -0.05) is 30.7 Å². The molecule has 0 bridgehead atoms. The second-order valence-electron chi connectivity index (χ2n) is 8.99. The normalized spacial score (nSPS) is 24.5. The van der Waals surface area contributed by atoms with Crippen LogP contribution in [0.3, 0.4) is 0 Å². The van der Waals surface area contributed by atoms with E-state index in [1.54, 1.807) is 7.11 Å². The van der Waals surface area contributed by atoms with Gasteiger partial charge in [-0.2, -0.15) is 0 Å². The molecule has 0 radical (unpaired) electrons. The van der Waals surface area contributed by atoms with Gasteiger partial charge in [0, 0.05) is 32.5 Å². The lowest BCUT2D eigenvalue weighted by atomic mass is 9.79. The highest BCUT2D eigenvalue weighted by molar-refractivity contribution is 5.77. The van der Waals surface area contributed by atoms with Crippen LogP contribution in [0.1, 0.15) is 43.0 Å². The Kier molecular flexibility index (Phi) is 5.18. The number of carbonyl (C=O) groups is 1. The van der Waals surface area contributed by atoms with Crippen LogP contribution in [-0.4, -0.2) is 46.1 Å². The lowest BCUT2D eigenvalue weighted by Gasteiger charge is -2.35. The number of nitrogens with one attached hydrogen (secondary N) is 1. The molecule has 2 fully saturated rings. The van der Waals surface area contributed by atoms with Crippen molar-refractivity contribution in [2.45, 2.75) is 43.7 Å². The van der Waals surface area contributed by atoms with E-state index in [1.807, 2.05) is 12.1 Å². The van der Waals surface area contributed by atoms with Crippen molar-refractivity contribution in [3.05, 3.63) is 59.9 Å². The summed E-state index contributed by atoms with van der Waals surface area (Å²) in [5.41, 5.74) is 3.17. The highest BCUT2D eigenvalue weighted by atomic mass is 16.5.